The van der Waals surface area contributed by atoms with Crippen LogP contribution in [0.2, 0.25) is 0 Å². The maximum absolute atomic E-state index is 10.8. The van der Waals surface area contributed by atoms with Gasteiger partial charge in [0.2, 0.25) is 0 Å². The molecule has 0 bridgehead atoms. The molecule has 0 saturated heterocycles. The first kappa shape index (κ1) is 48.1. The van der Waals surface area contributed by atoms with Crippen LogP contribution in [-0.2, 0) is 0 Å². The maximum Gasteiger partial charge on any atom is 0.187 e. The topological polar surface area (TPSA) is 70.5 Å². The zero-order chi connectivity index (χ0) is 54.6. The Morgan fingerprint density at radius 1 is 0.325 bits per heavy atom. The van der Waals surface area contributed by atoms with E-state index in [1.165, 1.54) is 5.56 Å². The quantitative estimate of drug-likeness (QED) is 0.142. The molecule has 0 radical (unpaired) electrons. The van der Waals surface area contributed by atoms with Crippen LogP contribution in [0.25, 0.3) is 136 Å². The highest BCUT2D eigenvalue weighted by atomic mass is 15.0. The van der Waals surface area contributed by atoms with Gasteiger partial charge in [0.05, 0.1) is 76.4 Å². The van der Waals surface area contributed by atoms with E-state index in [1.807, 2.05) is 109 Å². The van der Waals surface area contributed by atoms with E-state index >= 15 is 0 Å². The van der Waals surface area contributed by atoms with Crippen LogP contribution in [-0.4, -0.2) is 9.13 Å². The van der Waals surface area contributed by atoms with Gasteiger partial charge in [-0.05, 0) is 184 Å². The van der Waals surface area contributed by atoms with Crippen LogP contribution in [0, 0.1) is 56.2 Å². The molecule has 0 aliphatic rings. The van der Waals surface area contributed by atoms with Crippen LogP contribution < -0.4 is 0 Å². The van der Waals surface area contributed by atoms with E-state index in [2.05, 4.69) is 165 Å². The molecular formula is C73H43N7. The van der Waals surface area contributed by atoms with E-state index in [4.69, 9.17) is 19.7 Å². The summed E-state index contributed by atoms with van der Waals surface area (Å²) in [5.41, 5.74) is 22.2. The lowest BCUT2D eigenvalue weighted by atomic mass is 9.92. The largest absolute Gasteiger partial charge is 0.309 e. The van der Waals surface area contributed by atoms with E-state index in [0.29, 0.717) is 28.2 Å². The number of fused-ring (bicyclic) bond motifs is 6. The summed E-state index contributed by atoms with van der Waals surface area (Å²) in [5, 5.41) is 24.8. The van der Waals surface area contributed by atoms with Crippen LogP contribution in [0.4, 0.5) is 17.1 Å². The highest BCUT2D eigenvalue weighted by molar-refractivity contribution is 6.14. The van der Waals surface area contributed by atoms with Crippen molar-refractivity contribution in [3.05, 3.63) is 281 Å². The van der Waals surface area contributed by atoms with E-state index in [-0.39, 0.29) is 0 Å². The molecule has 2 aromatic heterocycles. The Morgan fingerprint density at radius 3 is 1.12 bits per heavy atom. The monoisotopic (exact) mass is 1020 g/mol. The Labute approximate surface area is 463 Å². The molecule has 13 aromatic rings. The van der Waals surface area contributed by atoms with Crippen molar-refractivity contribution in [3.8, 4) is 90.3 Å². The van der Waals surface area contributed by atoms with E-state index < -0.39 is 0 Å². The van der Waals surface area contributed by atoms with Gasteiger partial charge in [-0.1, -0.05) is 121 Å². The van der Waals surface area contributed by atoms with Gasteiger partial charge < -0.3 is 9.13 Å². The molecule has 0 amide bonds. The first-order valence-corrected chi connectivity index (χ1v) is 26.1. The molecule has 0 N–H and O–H groups in total. The van der Waals surface area contributed by atoms with Gasteiger partial charge >= 0.3 is 0 Å². The Hall–Kier alpha value is -11.5. The Kier molecular flexibility index (Phi) is 11.8. The van der Waals surface area contributed by atoms with Gasteiger partial charge in [-0.3, -0.25) is 0 Å². The standard InChI is InChI=1S/C73H43N7/c1-45-18-25-61(46(2)32-45)57-24-31-73(80-71-29-22-55(51-13-8-16-59(36-51)77-4)40-65(71)66-41-56(23-30-72(66)80)52-14-9-17-60(37-52)78-5)67(42-57)62-34-48(44-75)19-26-68(62)79-69-27-20-53(49-11-6-10-47(33-49)43-74)38-63(69)64-39-54(21-28-70(64)79)50-12-7-15-58(35-50)76-3/h6-42H,1-2H3. The highest BCUT2D eigenvalue weighted by Crippen LogP contribution is 2.46. The average Bonchev–Trinajstić information content (AvgIpc) is 4.09. The van der Waals surface area contributed by atoms with Crippen LogP contribution in [0.3, 0.4) is 0 Å². The zero-order valence-electron chi connectivity index (χ0n) is 43.5. The second-order valence-electron chi connectivity index (χ2n) is 20.2. The van der Waals surface area contributed by atoms with Gasteiger partial charge in [0.25, 0.3) is 0 Å². The van der Waals surface area contributed by atoms with E-state index in [1.54, 1.807) is 0 Å². The predicted octanol–water partition coefficient (Wildman–Crippen LogP) is 19.9. The molecule has 7 heteroatoms. The summed E-state index contributed by atoms with van der Waals surface area (Å²) in [6.07, 6.45) is 0. The fourth-order valence-corrected chi connectivity index (χ4v) is 11.6. The lowest BCUT2D eigenvalue weighted by Gasteiger charge is -2.20. The van der Waals surface area contributed by atoms with Gasteiger partial charge in [0.15, 0.2) is 17.1 Å². The molecule has 0 saturated carbocycles. The Bertz CT molecular complexity index is 4760. The van der Waals surface area contributed by atoms with Gasteiger partial charge in [-0.2, -0.15) is 10.5 Å². The minimum absolute atomic E-state index is 0.508. The minimum atomic E-state index is 0.508. The van der Waals surface area contributed by atoms with Crippen molar-refractivity contribution in [1.29, 1.82) is 10.5 Å². The summed E-state index contributed by atoms with van der Waals surface area (Å²) in [6.45, 7) is 27.6. The molecule has 11 aromatic carbocycles. The molecule has 0 unspecified atom stereocenters. The second-order valence-corrected chi connectivity index (χ2v) is 20.2. The van der Waals surface area contributed by atoms with Crippen molar-refractivity contribution in [2.45, 2.75) is 13.8 Å². The van der Waals surface area contributed by atoms with Gasteiger partial charge in [-0.25, -0.2) is 14.5 Å². The molecule has 0 atom stereocenters. The van der Waals surface area contributed by atoms with Crippen LogP contribution >= 0.6 is 0 Å². The fourth-order valence-electron chi connectivity index (χ4n) is 11.6. The summed E-state index contributed by atoms with van der Waals surface area (Å²) in [5.74, 6) is 0. The normalized spacial score (nSPS) is 11.1. The summed E-state index contributed by atoms with van der Waals surface area (Å²) in [6, 6.07) is 80.8. The van der Waals surface area contributed by atoms with E-state index in [0.717, 1.165) is 127 Å². The van der Waals surface area contributed by atoms with Crippen molar-refractivity contribution < 1.29 is 0 Å². The number of nitriles is 2. The predicted molar refractivity (Wildman–Crippen MR) is 325 cm³/mol. The van der Waals surface area contributed by atoms with Crippen molar-refractivity contribution in [3.63, 3.8) is 0 Å². The molecular weight excluding hydrogens is 975 g/mol. The number of nitrogens with zero attached hydrogens (tertiary/aromatic N) is 7. The van der Waals surface area contributed by atoms with Crippen molar-refractivity contribution in [1.82, 2.24) is 9.13 Å². The van der Waals surface area contributed by atoms with Crippen molar-refractivity contribution in [2.75, 3.05) is 0 Å². The molecule has 0 aliphatic carbocycles. The summed E-state index contributed by atoms with van der Waals surface area (Å²) >= 11 is 0. The first-order chi connectivity index (χ1) is 39.2. The van der Waals surface area contributed by atoms with Crippen LogP contribution in [0.15, 0.2) is 224 Å². The second kappa shape index (κ2) is 19.6. The number of hydrogen-bond acceptors (Lipinski definition) is 2. The number of hydrogen-bond donors (Lipinski definition) is 0. The molecule has 7 nitrogen and oxygen atoms in total. The number of rotatable bonds is 8. The molecule has 2 heterocycles. The summed E-state index contributed by atoms with van der Waals surface area (Å²) in [4.78, 5) is 11.2. The summed E-state index contributed by atoms with van der Waals surface area (Å²) < 4.78 is 4.65. The number of aromatic nitrogens is 2. The molecule has 0 fully saturated rings. The highest BCUT2D eigenvalue weighted by Gasteiger charge is 2.24. The molecule has 370 valence electrons. The van der Waals surface area contributed by atoms with Gasteiger partial charge in [-0.15, -0.1) is 0 Å². The summed E-state index contributed by atoms with van der Waals surface area (Å²) in [7, 11) is 0. The third-order valence-electron chi connectivity index (χ3n) is 15.4. The number of benzene rings is 11. The minimum Gasteiger partial charge on any atom is -0.309 e. The van der Waals surface area contributed by atoms with Crippen LogP contribution in [0.5, 0.6) is 0 Å². The van der Waals surface area contributed by atoms with Gasteiger partial charge in [0, 0.05) is 32.7 Å². The molecule has 80 heavy (non-hydrogen) atoms. The lowest BCUT2D eigenvalue weighted by Crippen LogP contribution is -2.03. The Balaban J connectivity index is 1.12. The van der Waals surface area contributed by atoms with Crippen molar-refractivity contribution in [2.24, 2.45) is 0 Å². The first-order valence-electron chi connectivity index (χ1n) is 26.1. The van der Waals surface area contributed by atoms with Crippen LogP contribution in [0.1, 0.15) is 22.3 Å². The van der Waals surface area contributed by atoms with E-state index in [9.17, 15) is 10.5 Å². The SMILES string of the molecule is [C-]#[N+]c1cccc(-c2ccc3c(c2)c2cc(-c4cccc(C#N)c4)ccc2n3-c2ccc(C#N)cc2-c2cc(-c3ccc(C)cc3C)ccc2-n2c3ccc(-c4cccc([N+]#[C-])c4)cc3c3cc(-c4cccc([N+]#[C-])c4)ccc32)c1. The maximum atomic E-state index is 10.8. The number of aryl methyl sites for hydroxylation is 2. The molecule has 0 spiro atoms. The molecule has 13 rings (SSSR count). The van der Waals surface area contributed by atoms with Crippen molar-refractivity contribution >= 4 is 60.7 Å². The smallest absolute Gasteiger partial charge is 0.187 e. The fraction of sp³-hybridized carbons (Fsp3) is 0.0274. The lowest BCUT2D eigenvalue weighted by molar-refractivity contribution is 1.16. The average molecular weight is 1020 g/mol. The Morgan fingerprint density at radius 2 is 0.700 bits per heavy atom. The zero-order valence-corrected chi connectivity index (χ0v) is 43.5. The molecule has 0 aliphatic heterocycles. The third kappa shape index (κ3) is 8.28. The van der Waals surface area contributed by atoms with Gasteiger partial charge in [0.1, 0.15) is 0 Å². The third-order valence-corrected chi connectivity index (χ3v) is 15.4.